The molecule has 0 aromatic heterocycles. The second-order valence-electron chi connectivity index (χ2n) is 5.69. The van der Waals surface area contributed by atoms with Crippen LogP contribution in [0.15, 0.2) is 5.16 Å². The molecule has 1 atom stereocenters. The minimum Gasteiger partial charge on any atom is -0.409 e. The van der Waals surface area contributed by atoms with Gasteiger partial charge in [-0.1, -0.05) is 44.7 Å². The van der Waals surface area contributed by atoms with Gasteiger partial charge in [0.1, 0.15) is 0 Å². The number of oxime groups is 1. The molecule has 1 fully saturated rings. The number of rotatable bonds is 6. The van der Waals surface area contributed by atoms with Gasteiger partial charge in [0.05, 0.1) is 5.92 Å². The van der Waals surface area contributed by atoms with Crippen LogP contribution in [0.2, 0.25) is 0 Å². The predicted octanol–water partition coefficient (Wildman–Crippen LogP) is 2.09. The van der Waals surface area contributed by atoms with E-state index in [1.807, 2.05) is 6.92 Å². The molecule has 1 saturated carbocycles. The summed E-state index contributed by atoms with van der Waals surface area (Å²) in [6.45, 7) is 4.85. The molecule has 1 amide bonds. The Morgan fingerprint density at radius 3 is 2.58 bits per heavy atom. The number of carbonyl (C=O) groups excluding carboxylic acids is 1. The van der Waals surface area contributed by atoms with Crippen molar-refractivity contribution in [2.45, 2.75) is 52.4 Å². The zero-order valence-corrected chi connectivity index (χ0v) is 12.1. The molecule has 0 heterocycles. The highest BCUT2D eigenvalue weighted by Crippen LogP contribution is 2.29. The van der Waals surface area contributed by atoms with Crippen molar-refractivity contribution in [3.05, 3.63) is 0 Å². The lowest BCUT2D eigenvalue weighted by Crippen LogP contribution is -2.39. The van der Waals surface area contributed by atoms with Crippen molar-refractivity contribution in [2.24, 2.45) is 28.6 Å². The lowest BCUT2D eigenvalue weighted by Gasteiger charge is -2.26. The van der Waals surface area contributed by atoms with Gasteiger partial charge in [0.15, 0.2) is 5.84 Å². The summed E-state index contributed by atoms with van der Waals surface area (Å²) in [7, 11) is 0. The predicted molar refractivity (Wildman–Crippen MR) is 75.9 cm³/mol. The molecule has 0 aromatic rings. The van der Waals surface area contributed by atoms with Gasteiger partial charge in [-0.25, -0.2) is 0 Å². The Hall–Kier alpha value is -1.26. The second-order valence-corrected chi connectivity index (χ2v) is 5.69. The molecule has 0 bridgehead atoms. The maximum Gasteiger partial charge on any atom is 0.230 e. The van der Waals surface area contributed by atoms with Crippen LogP contribution in [0.1, 0.15) is 52.4 Å². The monoisotopic (exact) mass is 269 g/mol. The van der Waals surface area contributed by atoms with Crippen molar-refractivity contribution < 1.29 is 10.0 Å². The van der Waals surface area contributed by atoms with Crippen LogP contribution in [0.4, 0.5) is 0 Å². The summed E-state index contributed by atoms with van der Waals surface area (Å²) in [4.78, 5) is 11.9. The van der Waals surface area contributed by atoms with E-state index < -0.39 is 5.92 Å². The molecule has 1 aliphatic carbocycles. The van der Waals surface area contributed by atoms with E-state index in [1.165, 1.54) is 25.7 Å². The Labute approximate surface area is 115 Å². The Bertz CT molecular complexity index is 310. The van der Waals surface area contributed by atoms with Gasteiger partial charge in [-0.05, 0) is 24.7 Å². The summed E-state index contributed by atoms with van der Waals surface area (Å²) in [5.74, 6) is 0.932. The molecule has 1 unspecified atom stereocenters. The highest BCUT2D eigenvalue weighted by Gasteiger charge is 2.22. The molecular formula is C14H27N3O2. The maximum absolute atomic E-state index is 11.9. The topological polar surface area (TPSA) is 87.7 Å². The number of amides is 1. The number of hydrogen-bond acceptors (Lipinski definition) is 3. The highest BCUT2D eigenvalue weighted by molar-refractivity contribution is 6.01. The number of amidine groups is 1. The fourth-order valence-corrected chi connectivity index (χ4v) is 2.74. The lowest BCUT2D eigenvalue weighted by molar-refractivity contribution is -0.123. The second kappa shape index (κ2) is 8.02. The average Bonchev–Trinajstić information content (AvgIpc) is 2.41. The molecule has 1 rings (SSSR count). The van der Waals surface area contributed by atoms with E-state index in [2.05, 4.69) is 17.4 Å². The fourth-order valence-electron chi connectivity index (χ4n) is 2.74. The summed E-state index contributed by atoms with van der Waals surface area (Å²) in [5, 5.41) is 14.4. The van der Waals surface area contributed by atoms with E-state index in [1.54, 1.807) is 0 Å². The molecule has 19 heavy (non-hydrogen) atoms. The van der Waals surface area contributed by atoms with Gasteiger partial charge in [-0.2, -0.15) is 0 Å². The van der Waals surface area contributed by atoms with Crippen LogP contribution in [0.5, 0.6) is 0 Å². The molecule has 0 radical (unpaired) electrons. The van der Waals surface area contributed by atoms with Crippen LogP contribution in [0, 0.1) is 17.8 Å². The van der Waals surface area contributed by atoms with Crippen molar-refractivity contribution in [1.29, 1.82) is 0 Å². The zero-order valence-electron chi connectivity index (χ0n) is 12.1. The minimum absolute atomic E-state index is 0.00788. The Kier molecular flexibility index (Phi) is 6.67. The first-order valence-electron chi connectivity index (χ1n) is 7.33. The molecule has 110 valence electrons. The van der Waals surface area contributed by atoms with Crippen molar-refractivity contribution in [1.82, 2.24) is 5.32 Å². The van der Waals surface area contributed by atoms with Crippen LogP contribution < -0.4 is 11.1 Å². The van der Waals surface area contributed by atoms with Crippen LogP contribution in [0.25, 0.3) is 0 Å². The highest BCUT2D eigenvalue weighted by atomic mass is 16.4. The standard InChI is InChI=1S/C14H27N3O2/c1-3-12(13(15)17-19)14(18)16-9-8-11-6-4-10(2)5-7-11/h10-12,19H,3-9H2,1-2H3,(H2,15,17)(H,16,18). The summed E-state index contributed by atoms with van der Waals surface area (Å²) in [6.07, 6.45) is 6.73. The summed E-state index contributed by atoms with van der Waals surface area (Å²) < 4.78 is 0. The Morgan fingerprint density at radius 1 is 1.42 bits per heavy atom. The SMILES string of the molecule is CCC(C(=O)NCCC1CCC(C)CC1)C(N)=NO. The smallest absolute Gasteiger partial charge is 0.230 e. The number of nitrogens with zero attached hydrogens (tertiary/aromatic N) is 1. The molecule has 0 aliphatic heterocycles. The third kappa shape index (κ3) is 5.09. The van der Waals surface area contributed by atoms with E-state index in [0.29, 0.717) is 13.0 Å². The van der Waals surface area contributed by atoms with E-state index in [9.17, 15) is 4.79 Å². The van der Waals surface area contributed by atoms with Gasteiger partial charge in [-0.15, -0.1) is 0 Å². The molecule has 5 heteroatoms. The van der Waals surface area contributed by atoms with Crippen LogP contribution in [0.3, 0.4) is 0 Å². The summed E-state index contributed by atoms with van der Waals surface area (Å²) in [5.41, 5.74) is 5.50. The van der Waals surface area contributed by atoms with Crippen molar-refractivity contribution in [3.63, 3.8) is 0 Å². The molecular weight excluding hydrogens is 242 g/mol. The van der Waals surface area contributed by atoms with Gasteiger partial charge in [0, 0.05) is 6.54 Å². The summed E-state index contributed by atoms with van der Waals surface area (Å²) >= 11 is 0. The average molecular weight is 269 g/mol. The van der Waals surface area contributed by atoms with Gasteiger partial charge in [0.2, 0.25) is 5.91 Å². The fraction of sp³-hybridized carbons (Fsp3) is 0.857. The van der Waals surface area contributed by atoms with Gasteiger partial charge < -0.3 is 16.3 Å². The van der Waals surface area contributed by atoms with Crippen LogP contribution in [-0.4, -0.2) is 23.5 Å². The van der Waals surface area contributed by atoms with E-state index in [4.69, 9.17) is 10.9 Å². The number of carbonyl (C=O) groups is 1. The van der Waals surface area contributed by atoms with E-state index in [-0.39, 0.29) is 11.7 Å². The Balaban J connectivity index is 2.26. The number of nitrogens with one attached hydrogen (secondary N) is 1. The van der Waals surface area contributed by atoms with E-state index >= 15 is 0 Å². The molecule has 0 aromatic carbocycles. The third-order valence-corrected chi connectivity index (χ3v) is 4.18. The van der Waals surface area contributed by atoms with E-state index in [0.717, 1.165) is 18.3 Å². The van der Waals surface area contributed by atoms with Crippen molar-refractivity contribution in [2.75, 3.05) is 6.54 Å². The van der Waals surface area contributed by atoms with Gasteiger partial charge in [-0.3, -0.25) is 4.79 Å². The number of nitrogens with two attached hydrogens (primary N) is 1. The largest absolute Gasteiger partial charge is 0.409 e. The lowest BCUT2D eigenvalue weighted by atomic mass is 9.81. The van der Waals surface area contributed by atoms with Crippen LogP contribution >= 0.6 is 0 Å². The molecule has 4 N–H and O–H groups in total. The maximum atomic E-state index is 11.9. The number of hydrogen-bond donors (Lipinski definition) is 3. The summed E-state index contributed by atoms with van der Waals surface area (Å²) in [6, 6.07) is 0. The Morgan fingerprint density at radius 2 is 2.05 bits per heavy atom. The first-order valence-corrected chi connectivity index (χ1v) is 7.33. The van der Waals surface area contributed by atoms with Crippen molar-refractivity contribution in [3.8, 4) is 0 Å². The third-order valence-electron chi connectivity index (χ3n) is 4.18. The molecule has 0 saturated heterocycles. The first kappa shape index (κ1) is 15.8. The molecule has 1 aliphatic rings. The first-order chi connectivity index (χ1) is 9.08. The van der Waals surface area contributed by atoms with Crippen LogP contribution in [-0.2, 0) is 4.79 Å². The minimum atomic E-state index is -0.517. The van der Waals surface area contributed by atoms with Gasteiger partial charge >= 0.3 is 0 Å². The van der Waals surface area contributed by atoms with Gasteiger partial charge in [0.25, 0.3) is 0 Å². The normalized spacial score (nSPS) is 25.9. The zero-order chi connectivity index (χ0) is 14.3. The molecule has 0 spiro atoms. The van der Waals surface area contributed by atoms with Crippen molar-refractivity contribution >= 4 is 11.7 Å². The molecule has 5 nitrogen and oxygen atoms in total. The quantitative estimate of drug-likeness (QED) is 0.298.